The van der Waals surface area contributed by atoms with E-state index in [1.54, 1.807) is 44.4 Å². The molecule has 0 aliphatic heterocycles. The first-order valence-electron chi connectivity index (χ1n) is 7.33. The predicted octanol–water partition coefficient (Wildman–Crippen LogP) is 4.06. The van der Waals surface area contributed by atoms with Crippen molar-refractivity contribution in [1.82, 2.24) is 4.98 Å². The Morgan fingerprint density at radius 2 is 1.92 bits per heavy atom. The molecule has 0 radical (unpaired) electrons. The summed E-state index contributed by atoms with van der Waals surface area (Å²) < 4.78 is 47.0. The Hall–Kier alpha value is -2.77. The second kappa shape index (κ2) is 7.00. The number of amides is 1. The van der Waals surface area contributed by atoms with Crippen LogP contribution in [-0.2, 0) is 11.2 Å². The summed E-state index contributed by atoms with van der Waals surface area (Å²) in [6.45, 7) is 3.09. The number of hydrogen-bond acceptors (Lipinski definition) is 4. The van der Waals surface area contributed by atoms with Gasteiger partial charge in [0, 0.05) is 24.4 Å². The summed E-state index contributed by atoms with van der Waals surface area (Å²) in [5.74, 6) is -0.360. The van der Waals surface area contributed by atoms with E-state index in [4.69, 9.17) is 10.5 Å². The summed E-state index contributed by atoms with van der Waals surface area (Å²) in [5, 5.41) is 0. The van der Waals surface area contributed by atoms with Crippen LogP contribution in [0.5, 0.6) is 5.75 Å². The van der Waals surface area contributed by atoms with E-state index in [9.17, 15) is 18.0 Å². The number of carbonyl (C=O) groups is 1. The van der Waals surface area contributed by atoms with Crippen LogP contribution in [0.2, 0.25) is 0 Å². The number of primary amides is 1. The fraction of sp³-hybridized carbons (Fsp3) is 0.294. The molecule has 0 saturated heterocycles. The highest BCUT2D eigenvalue weighted by Gasteiger charge is 2.33. The highest BCUT2D eigenvalue weighted by atomic mass is 19.4. The van der Waals surface area contributed by atoms with Gasteiger partial charge in [-0.15, -0.1) is 13.2 Å². The molecule has 8 heteroatoms. The molecule has 0 saturated carbocycles. The molecule has 0 bridgehead atoms. The third-order valence-corrected chi connectivity index (χ3v) is 3.27. The van der Waals surface area contributed by atoms with Gasteiger partial charge in [-0.05, 0) is 43.2 Å². The number of aromatic nitrogens is 1. The molecule has 1 aromatic heterocycles. The van der Waals surface area contributed by atoms with Crippen molar-refractivity contribution in [3.8, 4) is 16.9 Å². The quantitative estimate of drug-likeness (QED) is 0.878. The van der Waals surface area contributed by atoms with Crippen LogP contribution in [0.25, 0.3) is 11.1 Å². The number of alkyl halides is 3. The molecule has 0 aliphatic rings. The van der Waals surface area contributed by atoms with Gasteiger partial charge in [-0.1, -0.05) is 12.1 Å². The van der Waals surface area contributed by atoms with Crippen molar-refractivity contribution >= 4 is 6.09 Å². The number of carbonyl (C=O) groups excluding carboxylic acids is 1. The lowest BCUT2D eigenvalue weighted by Crippen LogP contribution is -2.33. The van der Waals surface area contributed by atoms with Gasteiger partial charge in [0.25, 0.3) is 0 Å². The van der Waals surface area contributed by atoms with E-state index < -0.39 is 18.1 Å². The summed E-state index contributed by atoms with van der Waals surface area (Å²) >= 11 is 0. The minimum absolute atomic E-state index is 0.0184. The highest BCUT2D eigenvalue weighted by molar-refractivity contribution is 5.66. The molecule has 5 nitrogen and oxygen atoms in total. The topological polar surface area (TPSA) is 74.4 Å². The van der Waals surface area contributed by atoms with Crippen LogP contribution in [-0.4, -0.2) is 23.0 Å². The third-order valence-electron chi connectivity index (χ3n) is 3.27. The number of hydrogen-bond donors (Lipinski definition) is 1. The molecule has 2 rings (SSSR count). The van der Waals surface area contributed by atoms with Gasteiger partial charge in [0.1, 0.15) is 11.4 Å². The Morgan fingerprint density at radius 3 is 2.48 bits per heavy atom. The minimum atomic E-state index is -4.83. The van der Waals surface area contributed by atoms with E-state index in [0.29, 0.717) is 5.56 Å². The average molecular weight is 354 g/mol. The Bertz CT molecular complexity index is 747. The van der Waals surface area contributed by atoms with Crippen molar-refractivity contribution in [2.24, 2.45) is 5.73 Å². The van der Waals surface area contributed by atoms with E-state index in [1.807, 2.05) is 0 Å². The van der Waals surface area contributed by atoms with E-state index in [1.165, 1.54) is 12.1 Å². The van der Waals surface area contributed by atoms with Crippen LogP contribution < -0.4 is 10.5 Å². The fourth-order valence-electron chi connectivity index (χ4n) is 2.42. The van der Waals surface area contributed by atoms with Gasteiger partial charge in [-0.3, -0.25) is 4.98 Å². The number of rotatable bonds is 5. The highest BCUT2D eigenvalue weighted by Crippen LogP contribution is 2.33. The van der Waals surface area contributed by atoms with E-state index >= 15 is 0 Å². The van der Waals surface area contributed by atoms with Gasteiger partial charge in [-0.2, -0.15) is 0 Å². The van der Waals surface area contributed by atoms with Crippen molar-refractivity contribution in [2.45, 2.75) is 32.2 Å². The molecule has 0 unspecified atom stereocenters. The lowest BCUT2D eigenvalue weighted by Gasteiger charge is -2.25. The molecular formula is C17H17F3N2O3. The van der Waals surface area contributed by atoms with E-state index in [0.717, 1.165) is 5.56 Å². The van der Waals surface area contributed by atoms with Gasteiger partial charge in [0.05, 0.1) is 0 Å². The summed E-state index contributed by atoms with van der Waals surface area (Å²) in [6.07, 6.45) is -2.68. The second-order valence-electron chi connectivity index (χ2n) is 5.97. The first-order chi connectivity index (χ1) is 11.6. The molecule has 0 atom stereocenters. The number of benzene rings is 1. The third kappa shape index (κ3) is 5.66. The largest absolute Gasteiger partial charge is 0.573 e. The van der Waals surface area contributed by atoms with Crippen molar-refractivity contribution in [3.05, 3.63) is 48.3 Å². The molecule has 1 amide bonds. The van der Waals surface area contributed by atoms with Crippen molar-refractivity contribution in [2.75, 3.05) is 0 Å². The minimum Gasteiger partial charge on any atom is -0.443 e. The lowest BCUT2D eigenvalue weighted by molar-refractivity contribution is -0.275. The van der Waals surface area contributed by atoms with Crippen LogP contribution in [0.1, 0.15) is 19.4 Å². The Labute approximate surface area is 142 Å². The molecule has 1 aromatic carbocycles. The molecule has 2 N–H and O–H groups in total. The smallest absolute Gasteiger partial charge is 0.443 e. The second-order valence-corrected chi connectivity index (χ2v) is 5.97. The van der Waals surface area contributed by atoms with Crippen LogP contribution in [0.15, 0.2) is 42.7 Å². The van der Waals surface area contributed by atoms with Crippen LogP contribution in [0.4, 0.5) is 18.0 Å². The Kier molecular flexibility index (Phi) is 5.20. The van der Waals surface area contributed by atoms with Crippen molar-refractivity contribution in [3.63, 3.8) is 0 Å². The fourth-order valence-corrected chi connectivity index (χ4v) is 2.42. The van der Waals surface area contributed by atoms with Gasteiger partial charge in [0.15, 0.2) is 0 Å². The zero-order valence-corrected chi connectivity index (χ0v) is 13.6. The molecule has 134 valence electrons. The standard InChI is InChI=1S/C17H17F3N2O3/c1-16(2,25-15(21)23)9-13-8-11(12-4-3-7-22-10-12)5-6-14(13)24-17(18,19)20/h3-8,10H,9H2,1-2H3,(H2,21,23). The summed E-state index contributed by atoms with van der Waals surface area (Å²) in [4.78, 5) is 15.0. The lowest BCUT2D eigenvalue weighted by atomic mass is 9.94. The Balaban J connectivity index is 2.42. The molecule has 0 fully saturated rings. The molecule has 0 aliphatic carbocycles. The van der Waals surface area contributed by atoms with Gasteiger partial charge < -0.3 is 15.2 Å². The molecule has 0 spiro atoms. The first-order valence-corrected chi connectivity index (χ1v) is 7.33. The maximum absolute atomic E-state index is 12.7. The van der Waals surface area contributed by atoms with Gasteiger partial charge in [0.2, 0.25) is 0 Å². The normalized spacial score (nSPS) is 11.9. The summed E-state index contributed by atoms with van der Waals surface area (Å²) in [5.41, 5.74) is 5.52. The monoisotopic (exact) mass is 354 g/mol. The van der Waals surface area contributed by atoms with Crippen LogP contribution in [0, 0.1) is 0 Å². The Morgan fingerprint density at radius 1 is 1.20 bits per heavy atom. The summed E-state index contributed by atoms with van der Waals surface area (Å²) in [6, 6.07) is 7.77. The van der Waals surface area contributed by atoms with E-state index in [2.05, 4.69) is 9.72 Å². The van der Waals surface area contributed by atoms with Gasteiger partial charge >= 0.3 is 12.5 Å². The predicted molar refractivity (Wildman–Crippen MR) is 84.8 cm³/mol. The zero-order valence-electron chi connectivity index (χ0n) is 13.6. The van der Waals surface area contributed by atoms with Gasteiger partial charge in [-0.25, -0.2) is 4.79 Å². The number of nitrogens with two attached hydrogens (primary N) is 1. The number of ether oxygens (including phenoxy) is 2. The molecular weight excluding hydrogens is 337 g/mol. The van der Waals surface area contributed by atoms with E-state index in [-0.39, 0.29) is 17.7 Å². The average Bonchev–Trinajstić information content (AvgIpc) is 2.47. The number of nitrogens with zero attached hydrogens (tertiary/aromatic N) is 1. The number of halogens is 3. The van der Waals surface area contributed by atoms with Crippen LogP contribution >= 0.6 is 0 Å². The number of pyridine rings is 1. The maximum Gasteiger partial charge on any atom is 0.573 e. The zero-order chi connectivity index (χ0) is 18.7. The van der Waals surface area contributed by atoms with Crippen molar-refractivity contribution < 1.29 is 27.4 Å². The van der Waals surface area contributed by atoms with Crippen LogP contribution in [0.3, 0.4) is 0 Å². The SMILES string of the molecule is CC(C)(Cc1cc(-c2cccnc2)ccc1OC(F)(F)F)OC(N)=O. The maximum atomic E-state index is 12.7. The van der Waals surface area contributed by atoms with Crippen molar-refractivity contribution in [1.29, 1.82) is 0 Å². The molecule has 25 heavy (non-hydrogen) atoms. The summed E-state index contributed by atoms with van der Waals surface area (Å²) in [7, 11) is 0. The first kappa shape index (κ1) is 18.6. The molecule has 1 heterocycles. The molecule has 2 aromatic rings.